The molecule has 0 aromatic rings. The third-order valence-electron chi connectivity index (χ3n) is 4.50. The summed E-state index contributed by atoms with van der Waals surface area (Å²) in [6.45, 7) is 6.68. The minimum Gasteiger partial charge on any atom is -0.460 e. The van der Waals surface area contributed by atoms with Crippen molar-refractivity contribution < 1.29 is 9.53 Å². The van der Waals surface area contributed by atoms with Gasteiger partial charge in [0.25, 0.3) is 0 Å². The lowest BCUT2D eigenvalue weighted by atomic mass is 9.70. The lowest BCUT2D eigenvalue weighted by Crippen LogP contribution is -2.43. The van der Waals surface area contributed by atoms with Crippen molar-refractivity contribution in [1.29, 1.82) is 0 Å². The summed E-state index contributed by atoms with van der Waals surface area (Å²) in [6, 6.07) is 0. The number of halogens is 1. The van der Waals surface area contributed by atoms with Crippen molar-refractivity contribution in [2.45, 2.75) is 46.1 Å². The maximum absolute atomic E-state index is 11.3. The van der Waals surface area contributed by atoms with E-state index in [9.17, 15) is 4.79 Å². The molecule has 0 aromatic heterocycles. The van der Waals surface area contributed by atoms with E-state index in [1.54, 1.807) is 0 Å². The molecule has 2 nitrogen and oxygen atoms in total. The minimum atomic E-state index is -0.275. The molecule has 0 saturated heterocycles. The number of carbonyl (C=O) groups excluding carboxylic acids is 1. The number of carbonyl (C=O) groups is 1. The van der Waals surface area contributed by atoms with Crippen LogP contribution in [-0.2, 0) is 9.53 Å². The summed E-state index contributed by atoms with van der Waals surface area (Å²) in [7, 11) is 0. The Morgan fingerprint density at radius 1 is 1.47 bits per heavy atom. The van der Waals surface area contributed by atoms with Crippen molar-refractivity contribution in [3.63, 3.8) is 0 Å². The molecule has 3 atom stereocenters. The molecule has 86 valence electrons. The van der Waals surface area contributed by atoms with Crippen LogP contribution < -0.4 is 0 Å². The van der Waals surface area contributed by atoms with Crippen LogP contribution in [0.3, 0.4) is 0 Å². The number of hydrogen-bond acceptors (Lipinski definition) is 2. The average Bonchev–Trinajstić information content (AvgIpc) is 2.63. The summed E-state index contributed by atoms with van der Waals surface area (Å²) in [4.78, 5) is 11.3. The van der Waals surface area contributed by atoms with Crippen molar-refractivity contribution in [3.05, 3.63) is 0 Å². The van der Waals surface area contributed by atoms with Gasteiger partial charge in [-0.05, 0) is 25.2 Å². The molecule has 0 radical (unpaired) electrons. The summed E-state index contributed by atoms with van der Waals surface area (Å²) >= 11 is 5.50. The highest BCUT2D eigenvalue weighted by atomic mass is 35.5. The SMILES string of the molecule is CC1(C)[C@H]2CC[C@](C)(C2)[C@@H]1OC(=O)CCl. The summed E-state index contributed by atoms with van der Waals surface area (Å²) in [5, 5.41) is 0. The Balaban J connectivity index is 2.19. The van der Waals surface area contributed by atoms with Crippen molar-refractivity contribution in [2.24, 2.45) is 16.7 Å². The van der Waals surface area contributed by atoms with Gasteiger partial charge in [-0.25, -0.2) is 0 Å². The van der Waals surface area contributed by atoms with Crippen LogP contribution in [-0.4, -0.2) is 18.0 Å². The molecule has 0 unspecified atom stereocenters. The molecule has 3 heteroatoms. The van der Waals surface area contributed by atoms with E-state index in [0.29, 0.717) is 5.92 Å². The van der Waals surface area contributed by atoms with Crippen molar-refractivity contribution in [3.8, 4) is 0 Å². The number of esters is 1. The molecule has 0 aromatic carbocycles. The largest absolute Gasteiger partial charge is 0.460 e. The predicted molar refractivity (Wildman–Crippen MR) is 59.8 cm³/mol. The Labute approximate surface area is 96.3 Å². The zero-order valence-electron chi connectivity index (χ0n) is 9.68. The van der Waals surface area contributed by atoms with Crippen LogP contribution >= 0.6 is 11.6 Å². The first-order valence-electron chi connectivity index (χ1n) is 5.65. The first-order chi connectivity index (χ1) is 6.90. The quantitative estimate of drug-likeness (QED) is 0.539. The second-order valence-electron chi connectivity index (χ2n) is 5.92. The van der Waals surface area contributed by atoms with Gasteiger partial charge in [0.05, 0.1) is 0 Å². The second-order valence-corrected chi connectivity index (χ2v) is 6.19. The van der Waals surface area contributed by atoms with Gasteiger partial charge in [-0.1, -0.05) is 20.8 Å². The van der Waals surface area contributed by atoms with Crippen LogP contribution in [0.5, 0.6) is 0 Å². The van der Waals surface area contributed by atoms with Crippen LogP contribution in [0.2, 0.25) is 0 Å². The molecule has 0 amide bonds. The predicted octanol–water partition coefficient (Wildman–Crippen LogP) is 2.98. The minimum absolute atomic E-state index is 0.0344. The van der Waals surface area contributed by atoms with E-state index in [0.717, 1.165) is 0 Å². The van der Waals surface area contributed by atoms with Crippen LogP contribution in [0.1, 0.15) is 40.0 Å². The van der Waals surface area contributed by atoms with Gasteiger partial charge in [-0.2, -0.15) is 0 Å². The Bertz CT molecular complexity index is 283. The van der Waals surface area contributed by atoms with E-state index >= 15 is 0 Å². The third-order valence-corrected chi connectivity index (χ3v) is 4.71. The molecular formula is C12H19ClO2. The topological polar surface area (TPSA) is 26.3 Å². The van der Waals surface area contributed by atoms with Gasteiger partial charge in [0.2, 0.25) is 0 Å². The highest BCUT2D eigenvalue weighted by Gasteiger charge is 2.61. The maximum Gasteiger partial charge on any atom is 0.321 e. The zero-order chi connectivity index (χ0) is 11.3. The Morgan fingerprint density at radius 3 is 2.60 bits per heavy atom. The summed E-state index contributed by atoms with van der Waals surface area (Å²) in [5.41, 5.74) is 0.310. The van der Waals surface area contributed by atoms with Gasteiger partial charge in [-0.3, -0.25) is 4.79 Å². The van der Waals surface area contributed by atoms with E-state index in [1.165, 1.54) is 19.3 Å². The molecule has 0 N–H and O–H groups in total. The van der Waals surface area contributed by atoms with Gasteiger partial charge >= 0.3 is 5.97 Å². The van der Waals surface area contributed by atoms with Crippen molar-refractivity contribution in [2.75, 3.05) is 5.88 Å². The number of rotatable bonds is 2. The van der Waals surface area contributed by atoms with Gasteiger partial charge < -0.3 is 4.74 Å². The molecule has 2 aliphatic rings. The van der Waals surface area contributed by atoms with Crippen molar-refractivity contribution in [1.82, 2.24) is 0 Å². The fraction of sp³-hybridized carbons (Fsp3) is 0.917. The Hall–Kier alpha value is -0.240. The van der Waals surface area contributed by atoms with Gasteiger partial charge in [0, 0.05) is 10.8 Å². The van der Waals surface area contributed by atoms with Gasteiger partial charge in [-0.15, -0.1) is 11.6 Å². The fourth-order valence-electron chi connectivity index (χ4n) is 3.71. The highest BCUT2D eigenvalue weighted by molar-refractivity contribution is 6.26. The van der Waals surface area contributed by atoms with Crippen LogP contribution in [0.4, 0.5) is 0 Å². The fourth-order valence-corrected chi connectivity index (χ4v) is 3.78. The Kier molecular flexibility index (Phi) is 2.53. The summed E-state index contributed by atoms with van der Waals surface area (Å²) in [6.07, 6.45) is 3.70. The second kappa shape index (κ2) is 3.38. The normalized spacial score (nSPS) is 41.9. The third kappa shape index (κ3) is 1.57. The van der Waals surface area contributed by atoms with E-state index < -0.39 is 0 Å². The molecule has 0 spiro atoms. The maximum atomic E-state index is 11.3. The molecule has 2 fully saturated rings. The van der Waals surface area contributed by atoms with E-state index in [4.69, 9.17) is 16.3 Å². The highest BCUT2D eigenvalue weighted by Crippen LogP contribution is 2.63. The van der Waals surface area contributed by atoms with Crippen LogP contribution in [0, 0.1) is 16.7 Å². The van der Waals surface area contributed by atoms with E-state index in [1.807, 2.05) is 0 Å². The summed E-state index contributed by atoms with van der Waals surface area (Å²) in [5.74, 6) is 0.395. The lowest BCUT2D eigenvalue weighted by Gasteiger charge is -2.41. The first-order valence-corrected chi connectivity index (χ1v) is 6.19. The number of fused-ring (bicyclic) bond motifs is 2. The van der Waals surface area contributed by atoms with E-state index in [-0.39, 0.29) is 28.8 Å². The first kappa shape index (κ1) is 11.3. The molecule has 15 heavy (non-hydrogen) atoms. The zero-order valence-corrected chi connectivity index (χ0v) is 10.4. The van der Waals surface area contributed by atoms with E-state index in [2.05, 4.69) is 20.8 Å². The smallest absolute Gasteiger partial charge is 0.321 e. The summed E-state index contributed by atoms with van der Waals surface area (Å²) < 4.78 is 5.54. The molecule has 2 bridgehead atoms. The molecular weight excluding hydrogens is 212 g/mol. The van der Waals surface area contributed by atoms with Gasteiger partial charge in [0.1, 0.15) is 12.0 Å². The Morgan fingerprint density at radius 2 is 2.13 bits per heavy atom. The molecule has 0 heterocycles. The molecule has 2 aliphatic carbocycles. The van der Waals surface area contributed by atoms with Gasteiger partial charge in [0.15, 0.2) is 0 Å². The van der Waals surface area contributed by atoms with Crippen LogP contribution in [0.15, 0.2) is 0 Å². The number of ether oxygens (including phenoxy) is 1. The van der Waals surface area contributed by atoms with Crippen LogP contribution in [0.25, 0.3) is 0 Å². The number of hydrogen-bond donors (Lipinski definition) is 0. The molecule has 2 rings (SSSR count). The monoisotopic (exact) mass is 230 g/mol. The average molecular weight is 231 g/mol. The standard InChI is InChI=1S/C12H19ClO2/c1-11(2)8-4-5-12(3,6-8)10(11)15-9(14)7-13/h8,10H,4-7H2,1-3H3/t8-,10+,12+/m0/s1. The molecule has 2 saturated carbocycles. The molecule has 0 aliphatic heterocycles. The van der Waals surface area contributed by atoms with Crippen molar-refractivity contribution >= 4 is 17.6 Å². The lowest BCUT2D eigenvalue weighted by molar-refractivity contribution is -0.161. The number of alkyl halides is 1.